The minimum absolute atomic E-state index is 0.128. The molecule has 94 valence electrons. The molecule has 2 heterocycles. The smallest absolute Gasteiger partial charge is 0.236 e. The van der Waals surface area contributed by atoms with E-state index < -0.39 is 0 Å². The maximum Gasteiger partial charge on any atom is 0.236 e. The Labute approximate surface area is 113 Å². The van der Waals surface area contributed by atoms with Crippen LogP contribution in [0.1, 0.15) is 5.82 Å². The van der Waals surface area contributed by atoms with E-state index in [4.69, 9.17) is 0 Å². The van der Waals surface area contributed by atoms with Gasteiger partial charge < -0.3 is 15.2 Å². The zero-order chi connectivity index (χ0) is 12.5. The average molecular weight is 309 g/mol. The molecule has 2 aromatic rings. The van der Waals surface area contributed by atoms with Crippen LogP contribution in [-0.2, 0) is 11.3 Å². The highest BCUT2D eigenvalue weighted by Crippen LogP contribution is 2.18. The van der Waals surface area contributed by atoms with Crippen LogP contribution in [0.4, 0.5) is 0 Å². The predicted octanol–water partition coefficient (Wildman–Crippen LogP) is 1.26. The molecule has 1 aliphatic heterocycles. The number of benzene rings is 1. The van der Waals surface area contributed by atoms with Crippen LogP contribution in [0.25, 0.3) is 11.0 Å². The molecule has 1 aromatic carbocycles. The van der Waals surface area contributed by atoms with E-state index in [0.717, 1.165) is 34.4 Å². The van der Waals surface area contributed by atoms with E-state index in [0.29, 0.717) is 13.1 Å². The fourth-order valence-electron chi connectivity index (χ4n) is 2.10. The molecule has 0 bridgehead atoms. The Morgan fingerprint density at radius 1 is 1.44 bits per heavy atom. The molecule has 3 rings (SSSR count). The van der Waals surface area contributed by atoms with Crippen molar-refractivity contribution in [3.63, 3.8) is 0 Å². The third-order valence-electron chi connectivity index (χ3n) is 3.02. The minimum Gasteiger partial charge on any atom is -0.340 e. The van der Waals surface area contributed by atoms with Gasteiger partial charge in [0.2, 0.25) is 5.91 Å². The number of aromatic nitrogens is 2. The number of nitrogens with one attached hydrogen (secondary N) is 2. The van der Waals surface area contributed by atoms with Crippen molar-refractivity contribution in [3.05, 3.63) is 28.5 Å². The quantitative estimate of drug-likeness (QED) is 0.878. The molecule has 1 fully saturated rings. The number of nitrogens with zero attached hydrogens (tertiary/aromatic N) is 2. The van der Waals surface area contributed by atoms with Crippen LogP contribution in [0.2, 0.25) is 0 Å². The van der Waals surface area contributed by atoms with E-state index in [1.807, 2.05) is 23.1 Å². The van der Waals surface area contributed by atoms with Crippen LogP contribution in [0.5, 0.6) is 0 Å². The second-order valence-corrected chi connectivity index (χ2v) is 5.25. The van der Waals surface area contributed by atoms with Crippen LogP contribution in [0.3, 0.4) is 0 Å². The van der Waals surface area contributed by atoms with Crippen molar-refractivity contribution >= 4 is 32.9 Å². The lowest BCUT2D eigenvalue weighted by Gasteiger charge is -2.26. The summed E-state index contributed by atoms with van der Waals surface area (Å²) in [5, 5.41) is 3.06. The van der Waals surface area contributed by atoms with Crippen LogP contribution < -0.4 is 5.32 Å². The lowest BCUT2D eigenvalue weighted by atomic mass is 10.3. The van der Waals surface area contributed by atoms with Crippen molar-refractivity contribution in [1.29, 1.82) is 0 Å². The summed E-state index contributed by atoms with van der Waals surface area (Å²) in [5.74, 6) is 0.959. The normalized spacial score (nSPS) is 16.5. The van der Waals surface area contributed by atoms with E-state index in [2.05, 4.69) is 31.2 Å². The Morgan fingerprint density at radius 3 is 3.17 bits per heavy atom. The first-order chi connectivity index (χ1) is 8.72. The Hall–Kier alpha value is -1.40. The number of carbonyl (C=O) groups is 1. The van der Waals surface area contributed by atoms with E-state index in [-0.39, 0.29) is 5.91 Å². The fourth-order valence-corrected chi connectivity index (χ4v) is 2.46. The summed E-state index contributed by atoms with van der Waals surface area (Å²) in [6.07, 6.45) is 0. The SMILES string of the molecule is O=C1CNCCN1Cc1nc2ccc(Br)cc2[nH]1. The summed E-state index contributed by atoms with van der Waals surface area (Å²) in [6, 6.07) is 5.91. The number of imidazole rings is 1. The molecule has 0 aliphatic carbocycles. The average Bonchev–Trinajstić information content (AvgIpc) is 2.73. The van der Waals surface area contributed by atoms with Gasteiger partial charge in [-0.05, 0) is 18.2 Å². The number of hydrogen-bond acceptors (Lipinski definition) is 3. The highest BCUT2D eigenvalue weighted by Gasteiger charge is 2.18. The summed E-state index contributed by atoms with van der Waals surface area (Å²) < 4.78 is 1.02. The molecule has 6 heteroatoms. The number of fused-ring (bicyclic) bond motifs is 1. The van der Waals surface area contributed by atoms with Crippen molar-refractivity contribution in [3.8, 4) is 0 Å². The Morgan fingerprint density at radius 2 is 2.33 bits per heavy atom. The summed E-state index contributed by atoms with van der Waals surface area (Å²) in [6.45, 7) is 2.55. The molecule has 2 N–H and O–H groups in total. The Bertz CT molecular complexity index is 595. The maximum atomic E-state index is 11.7. The number of H-pyrrole nitrogens is 1. The summed E-state index contributed by atoms with van der Waals surface area (Å²) in [4.78, 5) is 21.2. The van der Waals surface area contributed by atoms with Gasteiger partial charge in [0, 0.05) is 17.6 Å². The number of rotatable bonds is 2. The molecule has 18 heavy (non-hydrogen) atoms. The highest BCUT2D eigenvalue weighted by molar-refractivity contribution is 9.10. The molecule has 0 saturated carbocycles. The van der Waals surface area contributed by atoms with Crippen LogP contribution in [-0.4, -0.2) is 40.4 Å². The lowest BCUT2D eigenvalue weighted by Crippen LogP contribution is -2.47. The molecule has 0 radical (unpaired) electrons. The number of aromatic amines is 1. The fraction of sp³-hybridized carbons (Fsp3) is 0.333. The van der Waals surface area contributed by atoms with Gasteiger partial charge in [-0.25, -0.2) is 4.98 Å². The summed E-state index contributed by atoms with van der Waals surface area (Å²) in [5.41, 5.74) is 1.91. The van der Waals surface area contributed by atoms with Crippen molar-refractivity contribution < 1.29 is 4.79 Å². The monoisotopic (exact) mass is 308 g/mol. The van der Waals surface area contributed by atoms with E-state index in [1.165, 1.54) is 0 Å². The highest BCUT2D eigenvalue weighted by atomic mass is 79.9. The number of halogens is 1. The van der Waals surface area contributed by atoms with E-state index >= 15 is 0 Å². The third kappa shape index (κ3) is 2.26. The standard InChI is InChI=1S/C12H13BrN4O/c13-8-1-2-9-10(5-8)16-11(15-9)7-17-4-3-14-6-12(17)18/h1-2,5,14H,3-4,6-7H2,(H,15,16). The molecule has 1 aromatic heterocycles. The minimum atomic E-state index is 0.128. The van der Waals surface area contributed by atoms with Gasteiger partial charge in [0.25, 0.3) is 0 Å². The number of amides is 1. The zero-order valence-electron chi connectivity index (χ0n) is 9.74. The second-order valence-electron chi connectivity index (χ2n) is 4.34. The molecule has 1 saturated heterocycles. The maximum absolute atomic E-state index is 11.7. The van der Waals surface area contributed by atoms with Gasteiger partial charge in [-0.2, -0.15) is 0 Å². The van der Waals surface area contributed by atoms with Crippen LogP contribution in [0, 0.1) is 0 Å². The van der Waals surface area contributed by atoms with Crippen LogP contribution >= 0.6 is 15.9 Å². The van der Waals surface area contributed by atoms with E-state index in [9.17, 15) is 4.79 Å². The van der Waals surface area contributed by atoms with Crippen molar-refractivity contribution in [1.82, 2.24) is 20.2 Å². The second kappa shape index (κ2) is 4.70. The van der Waals surface area contributed by atoms with Gasteiger partial charge in [0.15, 0.2) is 0 Å². The molecule has 1 aliphatic rings. The van der Waals surface area contributed by atoms with Crippen molar-refractivity contribution in [2.24, 2.45) is 0 Å². The molecule has 0 unspecified atom stereocenters. The third-order valence-corrected chi connectivity index (χ3v) is 3.51. The largest absolute Gasteiger partial charge is 0.340 e. The summed E-state index contributed by atoms with van der Waals surface area (Å²) >= 11 is 3.43. The first kappa shape index (κ1) is 11.7. The lowest BCUT2D eigenvalue weighted by molar-refractivity contribution is -0.132. The number of hydrogen-bond donors (Lipinski definition) is 2. The molecule has 5 nitrogen and oxygen atoms in total. The molecule has 0 spiro atoms. The van der Waals surface area contributed by atoms with Gasteiger partial charge in [-0.3, -0.25) is 4.79 Å². The summed E-state index contributed by atoms with van der Waals surface area (Å²) in [7, 11) is 0. The van der Waals surface area contributed by atoms with Gasteiger partial charge in [0.05, 0.1) is 24.1 Å². The van der Waals surface area contributed by atoms with Crippen molar-refractivity contribution in [2.75, 3.05) is 19.6 Å². The Balaban J connectivity index is 1.84. The molecular formula is C12H13BrN4O. The van der Waals surface area contributed by atoms with Gasteiger partial charge in [0.1, 0.15) is 5.82 Å². The first-order valence-corrected chi connectivity index (χ1v) is 6.64. The van der Waals surface area contributed by atoms with Gasteiger partial charge in [-0.15, -0.1) is 0 Å². The molecular weight excluding hydrogens is 296 g/mol. The zero-order valence-corrected chi connectivity index (χ0v) is 11.3. The Kier molecular flexibility index (Phi) is 3.05. The van der Waals surface area contributed by atoms with Crippen molar-refractivity contribution in [2.45, 2.75) is 6.54 Å². The number of carbonyl (C=O) groups excluding carboxylic acids is 1. The predicted molar refractivity (Wildman–Crippen MR) is 72.1 cm³/mol. The van der Waals surface area contributed by atoms with Gasteiger partial charge >= 0.3 is 0 Å². The molecule has 0 atom stereocenters. The first-order valence-electron chi connectivity index (χ1n) is 5.85. The topological polar surface area (TPSA) is 61.0 Å². The number of piperazine rings is 1. The molecule has 1 amide bonds. The van der Waals surface area contributed by atoms with Gasteiger partial charge in [-0.1, -0.05) is 15.9 Å². The van der Waals surface area contributed by atoms with Crippen LogP contribution in [0.15, 0.2) is 22.7 Å². The van der Waals surface area contributed by atoms with E-state index in [1.54, 1.807) is 0 Å².